The van der Waals surface area contributed by atoms with Gasteiger partial charge < -0.3 is 15.6 Å². The molecule has 0 amide bonds. The Kier molecular flexibility index (Phi) is 4.55. The van der Waals surface area contributed by atoms with E-state index < -0.39 is 12.0 Å². The second-order valence-electron chi connectivity index (χ2n) is 3.21. The zero-order valence-electron chi connectivity index (χ0n) is 7.44. The molecule has 1 saturated heterocycles. The van der Waals surface area contributed by atoms with Gasteiger partial charge in [0.25, 0.3) is 0 Å². The maximum atomic E-state index is 10.4. The minimum Gasteiger partial charge on any atom is -0.480 e. The molecule has 0 radical (unpaired) electrons. The van der Waals surface area contributed by atoms with Crippen molar-refractivity contribution in [3.63, 3.8) is 0 Å². The van der Waals surface area contributed by atoms with Gasteiger partial charge in [-0.2, -0.15) is 11.8 Å². The molecule has 1 fully saturated rings. The van der Waals surface area contributed by atoms with Gasteiger partial charge in [0.05, 0.1) is 6.61 Å². The number of ether oxygens (including phenoxy) is 1. The highest BCUT2D eigenvalue weighted by molar-refractivity contribution is 7.99. The van der Waals surface area contributed by atoms with E-state index in [0.29, 0.717) is 11.7 Å². The molecule has 1 aliphatic rings. The van der Waals surface area contributed by atoms with Gasteiger partial charge in [0, 0.05) is 12.4 Å². The number of carboxylic acid groups (broad SMARTS) is 1. The molecule has 76 valence electrons. The third-order valence-electron chi connectivity index (χ3n) is 1.99. The average molecular weight is 205 g/mol. The summed E-state index contributed by atoms with van der Waals surface area (Å²) < 4.78 is 5.20. The summed E-state index contributed by atoms with van der Waals surface area (Å²) in [5.74, 6) is 1.12. The van der Waals surface area contributed by atoms with E-state index in [1.165, 1.54) is 0 Å². The van der Waals surface area contributed by atoms with Gasteiger partial charge >= 0.3 is 5.97 Å². The second kappa shape index (κ2) is 5.47. The third kappa shape index (κ3) is 3.97. The summed E-state index contributed by atoms with van der Waals surface area (Å²) in [5.41, 5.74) is 5.35. The summed E-state index contributed by atoms with van der Waals surface area (Å²) in [4.78, 5) is 10.4. The molecule has 0 aromatic carbocycles. The lowest BCUT2D eigenvalue weighted by molar-refractivity contribution is -0.137. The molecule has 0 aliphatic carbocycles. The smallest absolute Gasteiger partial charge is 0.321 e. The molecule has 5 heteroatoms. The van der Waals surface area contributed by atoms with Gasteiger partial charge in [-0.25, -0.2) is 0 Å². The maximum absolute atomic E-state index is 10.4. The Morgan fingerprint density at radius 3 is 3.08 bits per heavy atom. The predicted molar refractivity (Wildman–Crippen MR) is 51.9 cm³/mol. The van der Waals surface area contributed by atoms with Crippen molar-refractivity contribution in [3.05, 3.63) is 0 Å². The van der Waals surface area contributed by atoms with Crippen molar-refractivity contribution in [1.82, 2.24) is 0 Å². The highest BCUT2D eigenvalue weighted by atomic mass is 32.2. The lowest BCUT2D eigenvalue weighted by Gasteiger charge is -2.08. The van der Waals surface area contributed by atoms with Crippen LogP contribution in [0.4, 0.5) is 0 Å². The fraction of sp³-hybridized carbons (Fsp3) is 0.875. The summed E-state index contributed by atoms with van der Waals surface area (Å²) in [7, 11) is 0. The van der Waals surface area contributed by atoms with Crippen molar-refractivity contribution >= 4 is 17.7 Å². The van der Waals surface area contributed by atoms with Crippen LogP contribution in [0.15, 0.2) is 0 Å². The number of hydrogen-bond donors (Lipinski definition) is 2. The van der Waals surface area contributed by atoms with E-state index in [-0.39, 0.29) is 0 Å². The van der Waals surface area contributed by atoms with E-state index >= 15 is 0 Å². The molecule has 4 nitrogen and oxygen atoms in total. The quantitative estimate of drug-likeness (QED) is 0.669. The van der Waals surface area contributed by atoms with Crippen molar-refractivity contribution in [2.45, 2.75) is 12.5 Å². The molecule has 13 heavy (non-hydrogen) atoms. The van der Waals surface area contributed by atoms with Crippen LogP contribution >= 0.6 is 11.8 Å². The SMILES string of the molecule is N[C@@H](CSCC1CCOC1)C(=O)O. The van der Waals surface area contributed by atoms with Crippen LogP contribution in [-0.2, 0) is 9.53 Å². The number of carbonyl (C=O) groups is 1. The van der Waals surface area contributed by atoms with Crippen LogP contribution in [0.3, 0.4) is 0 Å². The van der Waals surface area contributed by atoms with Gasteiger partial charge in [0.2, 0.25) is 0 Å². The Balaban J connectivity index is 2.02. The molecule has 1 aliphatic heterocycles. The minimum atomic E-state index is -0.921. The molecule has 1 rings (SSSR count). The highest BCUT2D eigenvalue weighted by Gasteiger charge is 2.17. The summed E-state index contributed by atoms with van der Waals surface area (Å²) in [6.45, 7) is 1.66. The first-order valence-electron chi connectivity index (χ1n) is 4.34. The van der Waals surface area contributed by atoms with Gasteiger partial charge in [-0.15, -0.1) is 0 Å². The lowest BCUT2D eigenvalue weighted by atomic mass is 10.2. The Hall–Kier alpha value is -0.260. The largest absolute Gasteiger partial charge is 0.480 e. The zero-order valence-corrected chi connectivity index (χ0v) is 8.26. The number of hydrogen-bond acceptors (Lipinski definition) is 4. The molecule has 0 aromatic heterocycles. The minimum absolute atomic E-state index is 0.492. The normalized spacial score (nSPS) is 24.5. The number of thioether (sulfide) groups is 1. The standard InChI is InChI=1S/C8H15NO3S/c9-7(8(10)11)5-13-4-6-1-2-12-3-6/h6-7H,1-5,9H2,(H,10,11)/t6?,7-/m0/s1. The van der Waals surface area contributed by atoms with Gasteiger partial charge in [-0.3, -0.25) is 4.79 Å². The van der Waals surface area contributed by atoms with E-state index in [4.69, 9.17) is 15.6 Å². The van der Waals surface area contributed by atoms with E-state index in [9.17, 15) is 4.79 Å². The molecule has 0 spiro atoms. The predicted octanol–water partition coefficient (Wildman–Crippen LogP) is 0.168. The summed E-state index contributed by atoms with van der Waals surface area (Å²) >= 11 is 1.60. The zero-order chi connectivity index (χ0) is 9.68. The van der Waals surface area contributed by atoms with Crippen molar-refractivity contribution < 1.29 is 14.6 Å². The van der Waals surface area contributed by atoms with E-state index in [1.54, 1.807) is 11.8 Å². The van der Waals surface area contributed by atoms with Crippen molar-refractivity contribution in [1.29, 1.82) is 0 Å². The van der Waals surface area contributed by atoms with Crippen LogP contribution in [0.2, 0.25) is 0 Å². The fourth-order valence-electron chi connectivity index (χ4n) is 1.15. The fourth-order valence-corrected chi connectivity index (χ4v) is 2.28. The highest BCUT2D eigenvalue weighted by Crippen LogP contribution is 2.18. The Morgan fingerprint density at radius 2 is 2.54 bits per heavy atom. The summed E-state index contributed by atoms with van der Waals surface area (Å²) in [5, 5.41) is 8.51. The molecule has 0 saturated carbocycles. The molecular formula is C8H15NO3S. The van der Waals surface area contributed by atoms with Crippen molar-refractivity contribution in [2.75, 3.05) is 24.7 Å². The van der Waals surface area contributed by atoms with Crippen LogP contribution in [-0.4, -0.2) is 41.8 Å². The first-order chi connectivity index (χ1) is 6.20. The van der Waals surface area contributed by atoms with E-state index in [1.807, 2.05) is 0 Å². The first kappa shape index (κ1) is 10.8. The molecule has 0 bridgehead atoms. The number of rotatable bonds is 5. The Bertz CT molecular complexity index is 171. The van der Waals surface area contributed by atoms with Crippen LogP contribution in [0.25, 0.3) is 0 Å². The van der Waals surface area contributed by atoms with Crippen LogP contribution in [0, 0.1) is 5.92 Å². The molecule has 1 heterocycles. The Morgan fingerprint density at radius 1 is 1.77 bits per heavy atom. The molecule has 3 N–H and O–H groups in total. The van der Waals surface area contributed by atoms with Crippen LogP contribution in [0.5, 0.6) is 0 Å². The topological polar surface area (TPSA) is 72.5 Å². The Labute approximate surface area is 81.8 Å². The van der Waals surface area contributed by atoms with Gasteiger partial charge in [0.15, 0.2) is 0 Å². The molecule has 0 aromatic rings. The third-order valence-corrected chi connectivity index (χ3v) is 3.29. The van der Waals surface area contributed by atoms with Gasteiger partial charge in [-0.05, 0) is 18.1 Å². The molecular weight excluding hydrogens is 190 g/mol. The maximum Gasteiger partial charge on any atom is 0.321 e. The average Bonchev–Trinajstić information content (AvgIpc) is 2.56. The number of carboxylic acids is 1. The van der Waals surface area contributed by atoms with Gasteiger partial charge in [-0.1, -0.05) is 0 Å². The monoisotopic (exact) mass is 205 g/mol. The molecule has 2 atom stereocenters. The van der Waals surface area contributed by atoms with Crippen LogP contribution < -0.4 is 5.73 Å². The van der Waals surface area contributed by atoms with Crippen molar-refractivity contribution in [2.24, 2.45) is 11.7 Å². The second-order valence-corrected chi connectivity index (χ2v) is 4.29. The number of aliphatic carboxylic acids is 1. The van der Waals surface area contributed by atoms with Crippen LogP contribution in [0.1, 0.15) is 6.42 Å². The summed E-state index contributed by atoms with van der Waals surface area (Å²) in [6.07, 6.45) is 1.09. The van der Waals surface area contributed by atoms with Crippen molar-refractivity contribution in [3.8, 4) is 0 Å². The number of nitrogens with two attached hydrogens (primary N) is 1. The van der Waals surface area contributed by atoms with E-state index in [2.05, 4.69) is 0 Å². The van der Waals surface area contributed by atoms with Gasteiger partial charge in [0.1, 0.15) is 6.04 Å². The molecule has 1 unspecified atom stereocenters. The lowest BCUT2D eigenvalue weighted by Crippen LogP contribution is -2.32. The van der Waals surface area contributed by atoms with E-state index in [0.717, 1.165) is 25.4 Å². The first-order valence-corrected chi connectivity index (χ1v) is 5.49. The summed E-state index contributed by atoms with van der Waals surface area (Å²) in [6, 6.07) is -0.729.